The molecule has 0 saturated carbocycles. The molecule has 1 amide bonds. The monoisotopic (exact) mass is 275 g/mol. The van der Waals surface area contributed by atoms with Crippen LogP contribution in [-0.4, -0.2) is 19.6 Å². The minimum Gasteiger partial charge on any atom is -0.268 e. The van der Waals surface area contributed by atoms with Gasteiger partial charge in [-0.25, -0.2) is 13.1 Å². The smallest absolute Gasteiger partial charge is 0.264 e. The number of nitrogens with one attached hydrogen (secondary N) is 1. The molecular weight excluding hydrogens is 262 g/mol. The van der Waals surface area contributed by atoms with Crippen LogP contribution in [0.1, 0.15) is 29.8 Å². The normalized spacial score (nSPS) is 11.6. The Bertz CT molecular complexity index is 538. The van der Waals surface area contributed by atoms with Crippen LogP contribution in [0.3, 0.4) is 0 Å². The van der Waals surface area contributed by atoms with E-state index in [1.54, 1.807) is 13.0 Å². The van der Waals surface area contributed by atoms with E-state index in [0.29, 0.717) is 5.02 Å². The van der Waals surface area contributed by atoms with Crippen molar-refractivity contribution in [1.29, 1.82) is 0 Å². The van der Waals surface area contributed by atoms with Crippen LogP contribution in [0.5, 0.6) is 0 Å². The largest absolute Gasteiger partial charge is 0.268 e. The van der Waals surface area contributed by atoms with Crippen molar-refractivity contribution in [3.05, 3.63) is 34.3 Å². The van der Waals surface area contributed by atoms with Crippen molar-refractivity contribution in [1.82, 2.24) is 4.72 Å². The van der Waals surface area contributed by atoms with Crippen LogP contribution in [0, 0.1) is 6.92 Å². The predicted octanol–water partition coefficient (Wildman–Crippen LogP) is 2.12. The molecule has 0 aliphatic carbocycles. The summed E-state index contributed by atoms with van der Waals surface area (Å²) in [6.45, 7) is 4.80. The Morgan fingerprint density at radius 3 is 2.41 bits per heavy atom. The lowest BCUT2D eigenvalue weighted by Crippen LogP contribution is -2.35. The molecule has 1 aromatic carbocycles. The zero-order valence-corrected chi connectivity index (χ0v) is 11.4. The van der Waals surface area contributed by atoms with Crippen molar-refractivity contribution in [2.75, 3.05) is 0 Å². The topological polar surface area (TPSA) is 63.2 Å². The van der Waals surface area contributed by atoms with Gasteiger partial charge in [-0.1, -0.05) is 17.7 Å². The highest BCUT2D eigenvalue weighted by Gasteiger charge is 2.20. The van der Waals surface area contributed by atoms with E-state index in [1.165, 1.54) is 26.0 Å². The van der Waals surface area contributed by atoms with Crippen molar-refractivity contribution in [2.45, 2.75) is 26.0 Å². The summed E-state index contributed by atoms with van der Waals surface area (Å²) in [7, 11) is -3.61. The SMILES string of the molecule is Cc1ccc(C(=O)NS(=O)(=O)C(C)C)cc1Cl. The molecule has 0 unspecified atom stereocenters. The van der Waals surface area contributed by atoms with Crippen LogP contribution in [-0.2, 0) is 10.0 Å². The van der Waals surface area contributed by atoms with Gasteiger partial charge >= 0.3 is 0 Å². The van der Waals surface area contributed by atoms with Crippen LogP contribution < -0.4 is 4.72 Å². The Morgan fingerprint density at radius 1 is 1.35 bits per heavy atom. The van der Waals surface area contributed by atoms with E-state index in [1.807, 2.05) is 4.72 Å². The summed E-state index contributed by atoms with van der Waals surface area (Å²) in [5.74, 6) is -0.666. The van der Waals surface area contributed by atoms with Crippen LogP contribution in [0.2, 0.25) is 5.02 Å². The van der Waals surface area contributed by atoms with Gasteiger partial charge in [-0.3, -0.25) is 4.79 Å². The van der Waals surface area contributed by atoms with E-state index in [4.69, 9.17) is 11.6 Å². The van der Waals surface area contributed by atoms with E-state index < -0.39 is 21.2 Å². The molecule has 0 atom stereocenters. The first-order chi connectivity index (χ1) is 7.74. The molecule has 0 spiro atoms. The summed E-state index contributed by atoms with van der Waals surface area (Å²) >= 11 is 5.86. The average Bonchev–Trinajstić information content (AvgIpc) is 2.21. The lowest BCUT2D eigenvalue weighted by molar-refractivity contribution is 0.0981. The maximum absolute atomic E-state index is 11.7. The van der Waals surface area contributed by atoms with Gasteiger partial charge in [-0.05, 0) is 38.5 Å². The highest BCUT2D eigenvalue weighted by Crippen LogP contribution is 2.16. The molecule has 4 nitrogen and oxygen atoms in total. The summed E-state index contributed by atoms with van der Waals surface area (Å²) in [5, 5.41) is -0.230. The van der Waals surface area contributed by atoms with E-state index in [2.05, 4.69) is 0 Å². The van der Waals surface area contributed by atoms with E-state index in [-0.39, 0.29) is 5.56 Å². The Balaban J connectivity index is 2.95. The highest BCUT2D eigenvalue weighted by molar-refractivity contribution is 7.90. The molecular formula is C11H14ClNO3S. The number of rotatable bonds is 3. The number of hydrogen-bond acceptors (Lipinski definition) is 3. The van der Waals surface area contributed by atoms with Gasteiger partial charge in [0, 0.05) is 10.6 Å². The van der Waals surface area contributed by atoms with Gasteiger partial charge in [0.1, 0.15) is 0 Å². The van der Waals surface area contributed by atoms with Crippen LogP contribution in [0.15, 0.2) is 18.2 Å². The molecule has 17 heavy (non-hydrogen) atoms. The minimum absolute atomic E-state index is 0.227. The van der Waals surface area contributed by atoms with Crippen molar-refractivity contribution in [3.63, 3.8) is 0 Å². The van der Waals surface area contributed by atoms with Crippen molar-refractivity contribution in [2.24, 2.45) is 0 Å². The fourth-order valence-electron chi connectivity index (χ4n) is 1.04. The standard InChI is InChI=1S/C11H14ClNO3S/c1-7(2)17(15,16)13-11(14)9-5-4-8(3)10(12)6-9/h4-7H,1-3H3,(H,13,14). The van der Waals surface area contributed by atoms with Gasteiger partial charge in [-0.2, -0.15) is 0 Å². The number of benzene rings is 1. The zero-order chi connectivity index (χ0) is 13.2. The molecule has 0 heterocycles. The molecule has 1 N–H and O–H groups in total. The number of amides is 1. The highest BCUT2D eigenvalue weighted by atomic mass is 35.5. The van der Waals surface area contributed by atoms with Crippen LogP contribution >= 0.6 is 11.6 Å². The molecule has 94 valence electrons. The van der Waals surface area contributed by atoms with Gasteiger partial charge in [0.2, 0.25) is 10.0 Å². The fourth-order valence-corrected chi connectivity index (χ4v) is 1.83. The predicted molar refractivity (Wildman–Crippen MR) is 67.7 cm³/mol. The van der Waals surface area contributed by atoms with Gasteiger partial charge < -0.3 is 0 Å². The first-order valence-electron chi connectivity index (χ1n) is 5.06. The summed E-state index contributed by atoms with van der Waals surface area (Å²) in [5.41, 5.74) is 1.06. The first-order valence-corrected chi connectivity index (χ1v) is 6.98. The van der Waals surface area contributed by atoms with Crippen molar-refractivity contribution in [3.8, 4) is 0 Å². The third-order valence-electron chi connectivity index (χ3n) is 2.29. The summed E-state index contributed by atoms with van der Waals surface area (Å²) in [6.07, 6.45) is 0. The van der Waals surface area contributed by atoms with E-state index in [0.717, 1.165) is 5.56 Å². The number of hydrogen-bond donors (Lipinski definition) is 1. The Morgan fingerprint density at radius 2 is 1.94 bits per heavy atom. The number of sulfonamides is 1. The molecule has 0 aliphatic heterocycles. The van der Waals surface area contributed by atoms with E-state index in [9.17, 15) is 13.2 Å². The third-order valence-corrected chi connectivity index (χ3v) is 4.41. The maximum atomic E-state index is 11.7. The van der Waals surface area contributed by atoms with Crippen LogP contribution in [0.4, 0.5) is 0 Å². The fraction of sp³-hybridized carbons (Fsp3) is 0.364. The second-order valence-corrected chi connectivity index (χ2v) is 6.63. The van der Waals surface area contributed by atoms with E-state index >= 15 is 0 Å². The minimum atomic E-state index is -3.61. The second-order valence-electron chi connectivity index (χ2n) is 3.99. The molecule has 0 radical (unpaired) electrons. The quantitative estimate of drug-likeness (QED) is 0.919. The van der Waals surface area contributed by atoms with Crippen molar-refractivity contribution < 1.29 is 13.2 Å². The van der Waals surface area contributed by atoms with Gasteiger partial charge in [-0.15, -0.1) is 0 Å². The first kappa shape index (κ1) is 14.0. The van der Waals surface area contributed by atoms with Crippen LogP contribution in [0.25, 0.3) is 0 Å². The Hall–Kier alpha value is -1.07. The number of carbonyl (C=O) groups is 1. The molecule has 0 saturated heterocycles. The summed E-state index contributed by atoms with van der Waals surface area (Å²) in [6, 6.07) is 4.65. The number of carbonyl (C=O) groups excluding carboxylic acids is 1. The molecule has 1 rings (SSSR count). The van der Waals surface area contributed by atoms with Gasteiger partial charge in [0.15, 0.2) is 0 Å². The number of halogens is 1. The van der Waals surface area contributed by atoms with Gasteiger partial charge in [0.25, 0.3) is 5.91 Å². The average molecular weight is 276 g/mol. The summed E-state index contributed by atoms with van der Waals surface area (Å²) < 4.78 is 25.0. The zero-order valence-electron chi connectivity index (χ0n) is 9.82. The number of aryl methyl sites for hydroxylation is 1. The second kappa shape index (κ2) is 5.06. The molecule has 0 aromatic heterocycles. The summed E-state index contributed by atoms with van der Waals surface area (Å²) in [4.78, 5) is 11.7. The molecule has 0 fully saturated rings. The maximum Gasteiger partial charge on any atom is 0.264 e. The third kappa shape index (κ3) is 3.44. The van der Waals surface area contributed by atoms with Gasteiger partial charge in [0.05, 0.1) is 5.25 Å². The Labute approximate surface area is 106 Å². The molecule has 0 aliphatic rings. The Kier molecular flexibility index (Phi) is 4.16. The molecule has 6 heteroatoms. The molecule has 1 aromatic rings. The lowest BCUT2D eigenvalue weighted by Gasteiger charge is -2.09. The lowest BCUT2D eigenvalue weighted by atomic mass is 10.1. The van der Waals surface area contributed by atoms with Crippen molar-refractivity contribution >= 4 is 27.5 Å². The molecule has 0 bridgehead atoms.